The summed E-state index contributed by atoms with van der Waals surface area (Å²) in [6, 6.07) is 0. The maximum absolute atomic E-state index is 10.9. The van der Waals surface area contributed by atoms with Gasteiger partial charge in [0.2, 0.25) is 5.91 Å². The molecular weight excluding hydrogens is 593 g/mol. The van der Waals surface area contributed by atoms with Crippen molar-refractivity contribution >= 4 is 35.1 Å². The number of carbonyl (C=O) groups is 1. The van der Waals surface area contributed by atoms with Crippen LogP contribution in [0.5, 0.6) is 0 Å². The molecule has 3 N–H and O–H groups in total. The summed E-state index contributed by atoms with van der Waals surface area (Å²) in [4.78, 5) is 10.9. The standard InChI is InChI=1S/C39H78N2O2S2/c42-38(41-43)36-34-32-30-28-26-24-22-20-18-16-14-12-10-8-6-4-2-1-3-5-7-9-11-13-15-17-19-21-23-25-27-29-31-33-35-37-40-39(44)45/h43H,1-37H2,(H,41,42)(H2,40,44,45). The predicted octanol–water partition coefficient (Wildman–Crippen LogP) is 13.3. The summed E-state index contributed by atoms with van der Waals surface area (Å²) in [6.45, 7) is 0.981. The minimum atomic E-state index is -0.256. The Balaban J connectivity index is 3.06. The number of rotatable bonds is 38. The number of nitrogens with one attached hydrogen (secondary N) is 2. The third-order valence-electron chi connectivity index (χ3n) is 9.48. The Morgan fingerprint density at radius 1 is 0.400 bits per heavy atom. The highest BCUT2D eigenvalue weighted by molar-refractivity contribution is 8.11. The van der Waals surface area contributed by atoms with Crippen molar-refractivity contribution in [2.24, 2.45) is 0 Å². The second-order valence-corrected chi connectivity index (χ2v) is 15.0. The third-order valence-corrected chi connectivity index (χ3v) is 9.78. The lowest BCUT2D eigenvalue weighted by Crippen LogP contribution is -2.17. The van der Waals surface area contributed by atoms with Crippen molar-refractivity contribution in [2.75, 3.05) is 6.54 Å². The molecule has 0 saturated heterocycles. The first-order valence-corrected chi connectivity index (χ1v) is 20.9. The Labute approximate surface area is 292 Å². The van der Waals surface area contributed by atoms with Crippen molar-refractivity contribution in [3.05, 3.63) is 0 Å². The summed E-state index contributed by atoms with van der Waals surface area (Å²) in [6.07, 6.45) is 49.2. The van der Waals surface area contributed by atoms with E-state index in [4.69, 9.17) is 17.4 Å². The average Bonchev–Trinajstić information content (AvgIpc) is 3.03. The molecule has 6 heteroatoms. The Morgan fingerprint density at radius 2 is 0.600 bits per heavy atom. The first-order valence-electron chi connectivity index (χ1n) is 20.1. The van der Waals surface area contributed by atoms with Gasteiger partial charge in [0.15, 0.2) is 0 Å². The molecule has 0 aliphatic heterocycles. The smallest absolute Gasteiger partial charge is 0.243 e. The van der Waals surface area contributed by atoms with Gasteiger partial charge in [-0.1, -0.05) is 224 Å². The van der Waals surface area contributed by atoms with E-state index in [-0.39, 0.29) is 5.91 Å². The third kappa shape index (κ3) is 41.6. The Morgan fingerprint density at radius 3 is 0.800 bits per heavy atom. The molecule has 0 aromatic carbocycles. The molecule has 0 bridgehead atoms. The van der Waals surface area contributed by atoms with E-state index in [1.165, 1.54) is 212 Å². The lowest BCUT2D eigenvalue weighted by molar-refractivity contribution is -0.129. The van der Waals surface area contributed by atoms with Crippen LogP contribution in [0.4, 0.5) is 0 Å². The van der Waals surface area contributed by atoms with Crippen molar-refractivity contribution in [3.63, 3.8) is 0 Å². The zero-order valence-electron chi connectivity index (χ0n) is 29.9. The second-order valence-electron chi connectivity index (χ2n) is 13.9. The zero-order valence-corrected chi connectivity index (χ0v) is 31.6. The van der Waals surface area contributed by atoms with Crippen LogP contribution in [-0.2, 0) is 4.79 Å². The maximum Gasteiger partial charge on any atom is 0.243 e. The summed E-state index contributed by atoms with van der Waals surface area (Å²) in [5.74, 6) is -0.256. The predicted molar refractivity (Wildman–Crippen MR) is 206 cm³/mol. The first-order chi connectivity index (χ1) is 22.2. The molecule has 1 amide bonds. The van der Waals surface area contributed by atoms with Crippen LogP contribution >= 0.6 is 24.8 Å². The van der Waals surface area contributed by atoms with E-state index in [1.807, 2.05) is 0 Å². The van der Waals surface area contributed by atoms with Crippen molar-refractivity contribution in [2.45, 2.75) is 231 Å². The van der Waals surface area contributed by atoms with E-state index >= 15 is 0 Å². The van der Waals surface area contributed by atoms with Crippen LogP contribution in [0.3, 0.4) is 0 Å². The van der Waals surface area contributed by atoms with Gasteiger partial charge in [-0.3, -0.25) is 10.0 Å². The summed E-state index contributed by atoms with van der Waals surface area (Å²) >= 11 is 8.99. The van der Waals surface area contributed by atoms with Crippen LogP contribution in [-0.4, -0.2) is 22.0 Å². The lowest BCUT2D eigenvalue weighted by atomic mass is 10.0. The van der Waals surface area contributed by atoms with E-state index in [0.29, 0.717) is 10.7 Å². The van der Waals surface area contributed by atoms with Gasteiger partial charge in [0.25, 0.3) is 0 Å². The topological polar surface area (TPSA) is 61.4 Å². The normalized spacial score (nSPS) is 11.2. The number of unbranched alkanes of at least 4 members (excludes halogenated alkanes) is 34. The minimum Gasteiger partial charge on any atom is -0.371 e. The highest BCUT2D eigenvalue weighted by atomic mass is 32.1. The molecule has 0 rings (SSSR count). The van der Waals surface area contributed by atoms with Crippen LogP contribution < -0.4 is 10.8 Å². The van der Waals surface area contributed by atoms with Crippen molar-refractivity contribution < 1.29 is 10.0 Å². The Hall–Kier alpha value is -0.330. The molecule has 0 aliphatic rings. The van der Waals surface area contributed by atoms with E-state index in [9.17, 15) is 4.79 Å². The van der Waals surface area contributed by atoms with Crippen LogP contribution in [0.1, 0.15) is 231 Å². The summed E-state index contributed by atoms with van der Waals surface area (Å²) < 4.78 is 0.625. The summed E-state index contributed by atoms with van der Waals surface area (Å²) in [5, 5.41) is 11.6. The highest BCUT2D eigenvalue weighted by Gasteiger charge is 1.99. The van der Waals surface area contributed by atoms with Gasteiger partial charge in [0.05, 0.1) is 0 Å². The number of thiocarbonyl (C=S) groups is 1. The molecule has 0 spiro atoms. The van der Waals surface area contributed by atoms with Gasteiger partial charge in [-0.15, -0.1) is 12.6 Å². The maximum atomic E-state index is 10.9. The van der Waals surface area contributed by atoms with Gasteiger partial charge in [0, 0.05) is 13.0 Å². The van der Waals surface area contributed by atoms with Crippen molar-refractivity contribution in [1.82, 2.24) is 10.8 Å². The van der Waals surface area contributed by atoms with E-state index in [2.05, 4.69) is 17.9 Å². The molecule has 45 heavy (non-hydrogen) atoms. The number of hydrogen-bond donors (Lipinski definition) is 4. The number of amides is 1. The van der Waals surface area contributed by atoms with Gasteiger partial charge >= 0.3 is 0 Å². The number of hydroxylamine groups is 1. The van der Waals surface area contributed by atoms with Gasteiger partial charge in [-0.25, -0.2) is 5.48 Å². The molecule has 0 aliphatic carbocycles. The van der Waals surface area contributed by atoms with Crippen LogP contribution in [0.25, 0.3) is 0 Å². The fourth-order valence-electron chi connectivity index (χ4n) is 6.50. The molecular formula is C39H78N2O2S2. The zero-order chi connectivity index (χ0) is 32.7. The fraction of sp³-hybridized carbons (Fsp3) is 0.949. The largest absolute Gasteiger partial charge is 0.371 e. The van der Waals surface area contributed by atoms with Crippen LogP contribution in [0.15, 0.2) is 0 Å². The van der Waals surface area contributed by atoms with Gasteiger partial charge < -0.3 is 5.32 Å². The molecule has 0 unspecified atom stereocenters. The number of hydrogen-bond acceptors (Lipinski definition) is 3. The first kappa shape index (κ1) is 44.7. The van der Waals surface area contributed by atoms with Gasteiger partial charge in [-0.05, 0) is 12.8 Å². The second kappa shape index (κ2) is 39.8. The Bertz CT molecular complexity index is 606. The summed E-state index contributed by atoms with van der Waals surface area (Å²) in [7, 11) is 0. The molecule has 0 aromatic heterocycles. The van der Waals surface area contributed by atoms with E-state index < -0.39 is 0 Å². The minimum absolute atomic E-state index is 0.256. The molecule has 0 heterocycles. The SMILES string of the molecule is O=C(CCCCCCCCCCCCCCCCCCCCCCCCCCCCCCCCCCCCCNC(=S)S)NO. The fourth-order valence-corrected chi connectivity index (χ4v) is 6.71. The van der Waals surface area contributed by atoms with Crippen LogP contribution in [0, 0.1) is 0 Å². The average molecular weight is 671 g/mol. The molecule has 0 atom stereocenters. The van der Waals surface area contributed by atoms with Gasteiger partial charge in [0.1, 0.15) is 4.32 Å². The molecule has 0 radical (unpaired) electrons. The van der Waals surface area contributed by atoms with Gasteiger partial charge in [-0.2, -0.15) is 0 Å². The summed E-state index contributed by atoms with van der Waals surface area (Å²) in [5.41, 5.74) is 1.70. The van der Waals surface area contributed by atoms with E-state index in [0.717, 1.165) is 19.4 Å². The molecule has 0 saturated carbocycles. The number of thiol groups is 1. The molecule has 268 valence electrons. The highest BCUT2D eigenvalue weighted by Crippen LogP contribution is 2.17. The molecule has 4 nitrogen and oxygen atoms in total. The molecule has 0 aromatic rings. The van der Waals surface area contributed by atoms with Crippen molar-refractivity contribution in [1.29, 1.82) is 0 Å². The number of carbonyl (C=O) groups excluding carboxylic acids is 1. The van der Waals surface area contributed by atoms with Crippen molar-refractivity contribution in [3.8, 4) is 0 Å². The van der Waals surface area contributed by atoms with Crippen LogP contribution in [0.2, 0.25) is 0 Å². The monoisotopic (exact) mass is 671 g/mol. The van der Waals surface area contributed by atoms with E-state index in [1.54, 1.807) is 5.48 Å². The Kier molecular flexibility index (Phi) is 39.6. The lowest BCUT2D eigenvalue weighted by Gasteiger charge is -2.05. The quantitative estimate of drug-likeness (QED) is 0.0174. The molecule has 0 fully saturated rings.